The first kappa shape index (κ1) is 31.7. The number of halogens is 8. The molecule has 0 radical (unpaired) electrons. The van der Waals surface area contributed by atoms with Gasteiger partial charge in [0.15, 0.2) is 0 Å². The van der Waals surface area contributed by atoms with E-state index >= 15 is 0 Å². The van der Waals surface area contributed by atoms with Gasteiger partial charge in [-0.3, -0.25) is 10.6 Å². The third-order valence-corrected chi connectivity index (χ3v) is 5.70. The van der Waals surface area contributed by atoms with Gasteiger partial charge in [0.05, 0.1) is 22.5 Å². The highest BCUT2D eigenvalue weighted by molar-refractivity contribution is 9.11. The van der Waals surface area contributed by atoms with Gasteiger partial charge >= 0.3 is 24.5 Å². The molecule has 0 saturated carbocycles. The Kier molecular flexibility index (Phi) is 9.14. The molecule has 38 heavy (non-hydrogen) atoms. The van der Waals surface area contributed by atoms with Crippen molar-refractivity contribution in [1.29, 1.82) is 0 Å². The van der Waals surface area contributed by atoms with Crippen LogP contribution in [-0.4, -0.2) is 23.4 Å². The van der Waals surface area contributed by atoms with Crippen molar-refractivity contribution >= 4 is 55.4 Å². The zero-order valence-corrected chi connectivity index (χ0v) is 24.1. The van der Waals surface area contributed by atoms with Crippen molar-refractivity contribution in [2.45, 2.75) is 65.1 Å². The van der Waals surface area contributed by atoms with E-state index in [-0.39, 0.29) is 20.3 Å². The van der Waals surface area contributed by atoms with Crippen molar-refractivity contribution < 1.29 is 45.4 Å². The number of carbonyl (C=O) groups is 2. The molecule has 14 heteroatoms. The summed E-state index contributed by atoms with van der Waals surface area (Å²) in [5.74, 6) is 0. The van der Waals surface area contributed by atoms with Gasteiger partial charge in [-0.1, -0.05) is 0 Å². The average molecular weight is 678 g/mol. The SMILES string of the molecule is CC(C)(C)OC(=O)Nc1cc(C(F)(F)F)c(-c2cc(Br)c(NC(=O)OC(C)(C)C)cc2C(F)(F)F)cc1Br. The van der Waals surface area contributed by atoms with Crippen LogP contribution in [0.2, 0.25) is 0 Å². The maximum absolute atomic E-state index is 14.1. The molecule has 0 aliphatic carbocycles. The maximum Gasteiger partial charge on any atom is 0.417 e. The van der Waals surface area contributed by atoms with Gasteiger partial charge in [-0.05, 0) is 109 Å². The first-order chi connectivity index (χ1) is 17.0. The second kappa shape index (κ2) is 10.9. The van der Waals surface area contributed by atoms with E-state index in [0.717, 1.165) is 12.1 Å². The molecule has 0 bridgehead atoms. The minimum Gasteiger partial charge on any atom is -0.444 e. The lowest BCUT2D eigenvalue weighted by atomic mass is 9.93. The summed E-state index contributed by atoms with van der Waals surface area (Å²) in [4.78, 5) is 24.2. The minimum atomic E-state index is -5.11. The molecule has 2 rings (SSSR count). The van der Waals surface area contributed by atoms with Crippen molar-refractivity contribution in [3.63, 3.8) is 0 Å². The Bertz CT molecular complexity index is 1140. The Morgan fingerprint density at radius 3 is 1.16 bits per heavy atom. The van der Waals surface area contributed by atoms with Gasteiger partial charge in [0, 0.05) is 8.95 Å². The molecule has 2 amide bonds. The molecular formula is C24H24Br2F6N2O4. The minimum absolute atomic E-state index is 0.133. The summed E-state index contributed by atoms with van der Waals surface area (Å²) in [7, 11) is 0. The van der Waals surface area contributed by atoms with Crippen LogP contribution in [0.3, 0.4) is 0 Å². The van der Waals surface area contributed by atoms with Crippen molar-refractivity contribution in [2.75, 3.05) is 10.6 Å². The molecule has 0 aliphatic rings. The molecule has 0 spiro atoms. The van der Waals surface area contributed by atoms with Crippen molar-refractivity contribution in [1.82, 2.24) is 0 Å². The summed E-state index contributed by atoms with van der Waals surface area (Å²) in [6.45, 7) is 9.27. The van der Waals surface area contributed by atoms with E-state index in [0.29, 0.717) is 12.1 Å². The Balaban J connectivity index is 2.70. The third-order valence-electron chi connectivity index (χ3n) is 4.39. The molecule has 0 fully saturated rings. The van der Waals surface area contributed by atoms with Gasteiger partial charge in [0.2, 0.25) is 0 Å². The predicted molar refractivity (Wildman–Crippen MR) is 137 cm³/mol. The maximum atomic E-state index is 14.1. The van der Waals surface area contributed by atoms with E-state index in [1.807, 2.05) is 0 Å². The number of alkyl halides is 6. The van der Waals surface area contributed by atoms with E-state index in [4.69, 9.17) is 9.47 Å². The average Bonchev–Trinajstić information content (AvgIpc) is 2.66. The lowest BCUT2D eigenvalue weighted by molar-refractivity contribution is -0.139. The first-order valence-electron chi connectivity index (χ1n) is 10.8. The van der Waals surface area contributed by atoms with E-state index in [1.165, 1.54) is 0 Å². The molecular weight excluding hydrogens is 654 g/mol. The first-order valence-corrected chi connectivity index (χ1v) is 12.4. The van der Waals surface area contributed by atoms with Crippen LogP contribution in [0.5, 0.6) is 0 Å². The third kappa shape index (κ3) is 8.79. The summed E-state index contributed by atoms with van der Waals surface area (Å²) < 4.78 is 94.2. The molecule has 210 valence electrons. The lowest BCUT2D eigenvalue weighted by Gasteiger charge is -2.23. The van der Waals surface area contributed by atoms with Crippen LogP contribution in [0.15, 0.2) is 33.2 Å². The molecule has 0 aliphatic heterocycles. The molecule has 6 nitrogen and oxygen atoms in total. The molecule has 0 heterocycles. The smallest absolute Gasteiger partial charge is 0.417 e. The number of rotatable bonds is 3. The monoisotopic (exact) mass is 676 g/mol. The van der Waals surface area contributed by atoms with Crippen LogP contribution >= 0.6 is 31.9 Å². The Hall–Kier alpha value is -2.48. The quantitative estimate of drug-likeness (QED) is 0.317. The molecule has 2 N–H and O–H groups in total. The number of amides is 2. The van der Waals surface area contributed by atoms with Crippen LogP contribution in [0.25, 0.3) is 11.1 Å². The van der Waals surface area contributed by atoms with Crippen LogP contribution in [-0.2, 0) is 21.8 Å². The number of ether oxygens (including phenoxy) is 2. The standard InChI is InChI=1S/C24H24Br2F6N2O4/c1-21(2,3)37-19(35)33-17-9-13(23(27,28)29)11(7-15(17)25)12-8-16(26)18(10-14(12)24(30,31)32)34-20(36)38-22(4,5)6/h7-10H,1-6H3,(H,33,35)(H,34,36). The molecule has 0 atom stereocenters. The second-order valence-electron chi connectivity index (χ2n) is 10.0. The summed E-state index contributed by atoms with van der Waals surface area (Å²) in [6, 6.07) is 2.63. The normalized spacial score (nSPS) is 12.7. The largest absolute Gasteiger partial charge is 0.444 e. The summed E-state index contributed by atoms with van der Waals surface area (Å²) in [5, 5.41) is 4.33. The van der Waals surface area contributed by atoms with E-state index in [2.05, 4.69) is 42.5 Å². The highest BCUT2D eigenvalue weighted by atomic mass is 79.9. The van der Waals surface area contributed by atoms with Crippen LogP contribution in [0, 0.1) is 0 Å². The zero-order chi connectivity index (χ0) is 29.4. The molecule has 0 saturated heterocycles. The molecule has 2 aromatic rings. The molecule has 0 unspecified atom stereocenters. The number of nitrogens with one attached hydrogen (secondary N) is 2. The lowest BCUT2D eigenvalue weighted by Crippen LogP contribution is -2.27. The fourth-order valence-electron chi connectivity index (χ4n) is 3.08. The van der Waals surface area contributed by atoms with Gasteiger partial charge in [-0.2, -0.15) is 26.3 Å². The number of anilines is 2. The molecule has 0 aromatic heterocycles. The van der Waals surface area contributed by atoms with Gasteiger partial charge in [-0.15, -0.1) is 0 Å². The Labute approximate surface area is 231 Å². The van der Waals surface area contributed by atoms with Crippen molar-refractivity contribution in [3.8, 4) is 11.1 Å². The van der Waals surface area contributed by atoms with E-state index in [1.54, 1.807) is 41.5 Å². The summed E-state index contributed by atoms with van der Waals surface area (Å²) in [5.41, 5.74) is -7.18. The van der Waals surface area contributed by atoms with Gasteiger partial charge in [0.1, 0.15) is 11.2 Å². The highest BCUT2D eigenvalue weighted by Gasteiger charge is 2.40. The number of hydrogen-bond acceptors (Lipinski definition) is 4. The highest BCUT2D eigenvalue weighted by Crippen LogP contribution is 2.47. The number of benzene rings is 2. The second-order valence-corrected chi connectivity index (χ2v) is 11.7. The van der Waals surface area contributed by atoms with E-state index in [9.17, 15) is 35.9 Å². The van der Waals surface area contributed by atoms with Gasteiger partial charge in [-0.25, -0.2) is 9.59 Å². The van der Waals surface area contributed by atoms with Crippen molar-refractivity contribution in [3.05, 3.63) is 44.3 Å². The van der Waals surface area contributed by atoms with Crippen molar-refractivity contribution in [2.24, 2.45) is 0 Å². The Morgan fingerprint density at radius 2 is 0.921 bits per heavy atom. The fourth-order valence-corrected chi connectivity index (χ4v) is 3.96. The van der Waals surface area contributed by atoms with Crippen LogP contribution in [0.4, 0.5) is 47.3 Å². The summed E-state index contributed by atoms with van der Waals surface area (Å²) in [6.07, 6.45) is -12.3. The topological polar surface area (TPSA) is 76.7 Å². The fraction of sp³-hybridized carbons (Fsp3) is 0.417. The molecule has 2 aromatic carbocycles. The Morgan fingerprint density at radius 1 is 0.632 bits per heavy atom. The van der Waals surface area contributed by atoms with Gasteiger partial charge < -0.3 is 9.47 Å². The number of hydrogen-bond donors (Lipinski definition) is 2. The van der Waals surface area contributed by atoms with Gasteiger partial charge in [0.25, 0.3) is 0 Å². The summed E-state index contributed by atoms with van der Waals surface area (Å²) >= 11 is 6.04. The van der Waals surface area contributed by atoms with Crippen LogP contribution < -0.4 is 10.6 Å². The van der Waals surface area contributed by atoms with Crippen LogP contribution in [0.1, 0.15) is 52.7 Å². The predicted octanol–water partition coefficient (Wildman–Crippen LogP) is 9.61. The van der Waals surface area contributed by atoms with E-state index < -0.39 is 58.0 Å². The zero-order valence-electron chi connectivity index (χ0n) is 21.0. The number of carbonyl (C=O) groups excluding carboxylic acids is 2.